The second-order valence-corrected chi connectivity index (χ2v) is 5.77. The van der Waals surface area contributed by atoms with Crippen LogP contribution in [0, 0.1) is 0 Å². The molecule has 0 aliphatic carbocycles. The average molecular weight is 398 g/mol. The fourth-order valence-corrected chi connectivity index (χ4v) is 3.04. The highest BCUT2D eigenvalue weighted by Gasteiger charge is 2.15. The number of carbonyl (C=O) groups excluding carboxylic acids is 2. The molecule has 0 saturated heterocycles. The smallest absolute Gasteiger partial charge is 0.308 e. The molecule has 2 rings (SSSR count). The summed E-state index contributed by atoms with van der Waals surface area (Å²) in [5.74, 6) is -0.156. The number of esters is 1. The van der Waals surface area contributed by atoms with Gasteiger partial charge >= 0.3 is 5.97 Å². The zero-order valence-corrected chi connectivity index (χ0v) is 13.7. The molecule has 0 fully saturated rings. The summed E-state index contributed by atoms with van der Waals surface area (Å²) >= 11 is 6.62. The molecule has 0 N–H and O–H groups in total. The fraction of sp³-hybridized carbons (Fsp3) is 0.0667. The van der Waals surface area contributed by atoms with Gasteiger partial charge in [-0.05, 0) is 44.0 Å². The molecule has 20 heavy (non-hydrogen) atoms. The maximum atomic E-state index is 12.3. The van der Waals surface area contributed by atoms with E-state index in [0.717, 1.165) is 0 Å². The molecule has 0 bridgehead atoms. The second kappa shape index (κ2) is 6.33. The van der Waals surface area contributed by atoms with E-state index < -0.39 is 5.97 Å². The lowest BCUT2D eigenvalue weighted by Gasteiger charge is -2.09. The predicted octanol–water partition coefficient (Wildman–Crippen LogP) is 4.37. The summed E-state index contributed by atoms with van der Waals surface area (Å²) in [7, 11) is 0. The summed E-state index contributed by atoms with van der Waals surface area (Å²) in [6.45, 7) is 1.32. The van der Waals surface area contributed by atoms with Crippen LogP contribution in [0.1, 0.15) is 22.8 Å². The van der Waals surface area contributed by atoms with Crippen molar-refractivity contribution in [2.45, 2.75) is 6.92 Å². The lowest BCUT2D eigenvalue weighted by Crippen LogP contribution is -2.05. The van der Waals surface area contributed by atoms with Crippen molar-refractivity contribution in [2.24, 2.45) is 0 Å². The van der Waals surface area contributed by atoms with E-state index in [9.17, 15) is 9.59 Å². The average Bonchev–Trinajstić information content (AvgIpc) is 2.42. The standard InChI is InChI=1S/C15H10Br2O3/c1-9(18)20-15-12(16)7-11(8-13(15)17)14(19)10-5-3-2-4-6-10/h2-8H,1H3. The van der Waals surface area contributed by atoms with Gasteiger partial charge in [0.15, 0.2) is 11.5 Å². The summed E-state index contributed by atoms with van der Waals surface area (Å²) in [6, 6.07) is 12.3. The Morgan fingerprint density at radius 3 is 2.00 bits per heavy atom. The zero-order valence-electron chi connectivity index (χ0n) is 10.5. The molecule has 2 aromatic carbocycles. The molecule has 0 saturated carbocycles. The summed E-state index contributed by atoms with van der Waals surface area (Å²) < 4.78 is 6.16. The molecule has 0 aliphatic heterocycles. The van der Waals surface area contributed by atoms with Gasteiger partial charge in [0.05, 0.1) is 8.95 Å². The van der Waals surface area contributed by atoms with Crippen molar-refractivity contribution in [1.82, 2.24) is 0 Å². The number of ether oxygens (including phenoxy) is 1. The molecule has 2 aromatic rings. The number of carbonyl (C=O) groups is 2. The Labute approximate surface area is 133 Å². The van der Waals surface area contributed by atoms with Crippen molar-refractivity contribution in [2.75, 3.05) is 0 Å². The minimum absolute atomic E-state index is 0.0959. The molecule has 0 atom stereocenters. The number of hydrogen-bond acceptors (Lipinski definition) is 3. The first kappa shape index (κ1) is 14.9. The molecule has 0 aliphatic rings. The van der Waals surface area contributed by atoms with E-state index in [0.29, 0.717) is 25.8 Å². The first-order valence-corrected chi connectivity index (χ1v) is 7.35. The third kappa shape index (κ3) is 3.35. The van der Waals surface area contributed by atoms with E-state index in [1.54, 1.807) is 24.3 Å². The number of halogens is 2. The third-order valence-corrected chi connectivity index (χ3v) is 3.72. The van der Waals surface area contributed by atoms with Gasteiger partial charge in [0, 0.05) is 18.1 Å². The van der Waals surface area contributed by atoms with Crippen molar-refractivity contribution in [3.05, 3.63) is 62.5 Å². The van der Waals surface area contributed by atoms with Crippen LogP contribution in [0.3, 0.4) is 0 Å². The van der Waals surface area contributed by atoms with Crippen LogP contribution in [0.25, 0.3) is 0 Å². The van der Waals surface area contributed by atoms with Crippen molar-refractivity contribution >= 4 is 43.6 Å². The first-order valence-electron chi connectivity index (χ1n) is 5.76. The van der Waals surface area contributed by atoms with E-state index >= 15 is 0 Å². The molecule has 5 heteroatoms. The highest BCUT2D eigenvalue weighted by Crippen LogP contribution is 2.35. The minimum Gasteiger partial charge on any atom is -0.424 e. The Morgan fingerprint density at radius 1 is 0.950 bits per heavy atom. The molecule has 102 valence electrons. The van der Waals surface area contributed by atoms with Gasteiger partial charge in [0.2, 0.25) is 0 Å². The van der Waals surface area contributed by atoms with Gasteiger partial charge in [0.1, 0.15) is 0 Å². The van der Waals surface area contributed by atoms with Crippen LogP contribution in [0.4, 0.5) is 0 Å². The Kier molecular flexibility index (Phi) is 4.73. The van der Waals surface area contributed by atoms with Gasteiger partial charge in [0.25, 0.3) is 0 Å². The number of benzene rings is 2. The van der Waals surface area contributed by atoms with Crippen molar-refractivity contribution in [3.63, 3.8) is 0 Å². The molecular formula is C15H10Br2O3. The number of ketones is 1. The molecule has 0 aromatic heterocycles. The van der Waals surface area contributed by atoms with Crippen LogP contribution in [-0.2, 0) is 4.79 Å². The molecule has 0 amide bonds. The normalized spacial score (nSPS) is 10.2. The highest BCUT2D eigenvalue weighted by atomic mass is 79.9. The lowest BCUT2D eigenvalue weighted by molar-refractivity contribution is -0.131. The first-order chi connectivity index (χ1) is 9.49. The van der Waals surface area contributed by atoms with E-state index in [-0.39, 0.29) is 5.78 Å². The fourth-order valence-electron chi connectivity index (χ4n) is 1.69. The Bertz CT molecular complexity index is 643. The second-order valence-electron chi connectivity index (χ2n) is 4.06. The maximum absolute atomic E-state index is 12.3. The van der Waals surface area contributed by atoms with Crippen LogP contribution in [0.2, 0.25) is 0 Å². The monoisotopic (exact) mass is 396 g/mol. The Morgan fingerprint density at radius 2 is 1.50 bits per heavy atom. The van der Waals surface area contributed by atoms with Crippen molar-refractivity contribution in [3.8, 4) is 5.75 Å². The van der Waals surface area contributed by atoms with Crippen LogP contribution in [0.15, 0.2) is 51.4 Å². The topological polar surface area (TPSA) is 43.4 Å². The van der Waals surface area contributed by atoms with Crippen LogP contribution >= 0.6 is 31.9 Å². The number of hydrogen-bond donors (Lipinski definition) is 0. The van der Waals surface area contributed by atoms with E-state index in [4.69, 9.17) is 4.74 Å². The van der Waals surface area contributed by atoms with Crippen LogP contribution in [0.5, 0.6) is 5.75 Å². The molecule has 3 nitrogen and oxygen atoms in total. The minimum atomic E-state index is -0.423. The highest BCUT2D eigenvalue weighted by molar-refractivity contribution is 9.11. The molecule has 0 spiro atoms. The third-order valence-electron chi connectivity index (χ3n) is 2.54. The van der Waals surface area contributed by atoms with Gasteiger partial charge in [-0.15, -0.1) is 0 Å². The Balaban J connectivity index is 2.40. The summed E-state index contributed by atoms with van der Waals surface area (Å²) in [5, 5.41) is 0. The molecular weight excluding hydrogens is 388 g/mol. The van der Waals surface area contributed by atoms with E-state index in [1.807, 2.05) is 18.2 Å². The SMILES string of the molecule is CC(=O)Oc1c(Br)cc(C(=O)c2ccccc2)cc1Br. The lowest BCUT2D eigenvalue weighted by atomic mass is 10.0. The molecule has 0 heterocycles. The largest absolute Gasteiger partial charge is 0.424 e. The van der Waals surface area contributed by atoms with E-state index in [2.05, 4.69) is 31.9 Å². The van der Waals surface area contributed by atoms with Crippen molar-refractivity contribution in [1.29, 1.82) is 0 Å². The Hall–Kier alpha value is -1.46. The maximum Gasteiger partial charge on any atom is 0.308 e. The van der Waals surface area contributed by atoms with Gasteiger partial charge in [-0.2, -0.15) is 0 Å². The quantitative estimate of drug-likeness (QED) is 0.438. The van der Waals surface area contributed by atoms with Gasteiger partial charge < -0.3 is 4.74 Å². The summed E-state index contributed by atoms with van der Waals surface area (Å²) in [5.41, 5.74) is 1.11. The van der Waals surface area contributed by atoms with Crippen LogP contribution in [-0.4, -0.2) is 11.8 Å². The summed E-state index contributed by atoms with van der Waals surface area (Å²) in [4.78, 5) is 23.4. The van der Waals surface area contributed by atoms with Crippen molar-refractivity contribution < 1.29 is 14.3 Å². The van der Waals surface area contributed by atoms with Gasteiger partial charge in [-0.3, -0.25) is 9.59 Å². The molecule has 0 unspecified atom stereocenters. The summed E-state index contributed by atoms with van der Waals surface area (Å²) in [6.07, 6.45) is 0. The van der Waals surface area contributed by atoms with Gasteiger partial charge in [-0.25, -0.2) is 0 Å². The van der Waals surface area contributed by atoms with Crippen LogP contribution < -0.4 is 4.74 Å². The predicted molar refractivity (Wildman–Crippen MR) is 83.0 cm³/mol. The number of rotatable bonds is 3. The molecule has 0 radical (unpaired) electrons. The van der Waals surface area contributed by atoms with Gasteiger partial charge in [-0.1, -0.05) is 30.3 Å². The zero-order chi connectivity index (χ0) is 14.7. The van der Waals surface area contributed by atoms with E-state index in [1.165, 1.54) is 6.92 Å².